The molecule has 3 aromatic carbocycles. The fourth-order valence-corrected chi connectivity index (χ4v) is 3.44. The molecule has 0 spiro atoms. The Labute approximate surface area is 168 Å². The van der Waals surface area contributed by atoms with Crippen molar-refractivity contribution in [2.24, 2.45) is 0 Å². The number of hydrogen-bond acceptors (Lipinski definition) is 4. The number of benzene rings is 3. The summed E-state index contributed by atoms with van der Waals surface area (Å²) in [5, 5.41) is 2.71. The molecule has 0 unspecified atom stereocenters. The van der Waals surface area contributed by atoms with Crippen LogP contribution in [0.25, 0.3) is 0 Å². The van der Waals surface area contributed by atoms with Crippen molar-refractivity contribution in [2.45, 2.75) is 13.3 Å². The molecule has 0 atom stereocenters. The third-order valence-electron chi connectivity index (χ3n) is 4.90. The van der Waals surface area contributed by atoms with Crippen LogP contribution < -0.4 is 10.1 Å². The van der Waals surface area contributed by atoms with Crippen LogP contribution in [0.15, 0.2) is 66.7 Å². The molecular formula is C24H19NO4. The lowest BCUT2D eigenvalue weighted by Crippen LogP contribution is -2.25. The van der Waals surface area contributed by atoms with Gasteiger partial charge in [-0.2, -0.15) is 0 Å². The lowest BCUT2D eigenvalue weighted by molar-refractivity contribution is -0.118. The Hall–Kier alpha value is -3.73. The zero-order chi connectivity index (χ0) is 20.4. The number of fused-ring (bicyclic) bond motifs is 2. The molecule has 0 radical (unpaired) electrons. The van der Waals surface area contributed by atoms with Gasteiger partial charge in [-0.3, -0.25) is 14.4 Å². The highest BCUT2D eigenvalue weighted by Crippen LogP contribution is 2.31. The van der Waals surface area contributed by atoms with Crippen LogP contribution in [-0.2, 0) is 11.2 Å². The zero-order valence-electron chi connectivity index (χ0n) is 15.9. The van der Waals surface area contributed by atoms with E-state index in [1.165, 1.54) is 0 Å². The number of ketones is 2. The van der Waals surface area contributed by atoms with Crippen LogP contribution in [0.2, 0.25) is 0 Å². The molecule has 29 heavy (non-hydrogen) atoms. The van der Waals surface area contributed by atoms with E-state index in [-0.39, 0.29) is 23.7 Å². The summed E-state index contributed by atoms with van der Waals surface area (Å²) >= 11 is 0. The SMILES string of the molecule is CCc1cccc(OCC(=O)Nc2cccc3c2C(=O)c2ccccc2C3=O)c1. The number of nitrogens with one attached hydrogen (secondary N) is 1. The third-order valence-corrected chi connectivity index (χ3v) is 4.90. The average Bonchev–Trinajstić information content (AvgIpc) is 2.76. The first-order valence-corrected chi connectivity index (χ1v) is 9.41. The minimum absolute atomic E-state index is 0.199. The number of carbonyl (C=O) groups is 3. The monoisotopic (exact) mass is 385 g/mol. The summed E-state index contributed by atoms with van der Waals surface area (Å²) < 4.78 is 5.57. The van der Waals surface area contributed by atoms with E-state index in [2.05, 4.69) is 5.32 Å². The lowest BCUT2D eigenvalue weighted by atomic mass is 9.83. The van der Waals surface area contributed by atoms with Crippen molar-refractivity contribution < 1.29 is 19.1 Å². The second-order valence-electron chi connectivity index (χ2n) is 6.77. The van der Waals surface area contributed by atoms with Gasteiger partial charge in [0.05, 0.1) is 11.3 Å². The van der Waals surface area contributed by atoms with Gasteiger partial charge >= 0.3 is 0 Å². The van der Waals surface area contributed by atoms with Crippen LogP contribution in [0, 0.1) is 0 Å². The predicted molar refractivity (Wildman–Crippen MR) is 110 cm³/mol. The summed E-state index contributed by atoms with van der Waals surface area (Å²) in [5.74, 6) is -0.296. The van der Waals surface area contributed by atoms with E-state index in [4.69, 9.17) is 4.74 Å². The van der Waals surface area contributed by atoms with E-state index < -0.39 is 5.91 Å². The molecule has 5 heteroatoms. The van der Waals surface area contributed by atoms with E-state index in [0.29, 0.717) is 28.1 Å². The maximum atomic E-state index is 13.0. The summed E-state index contributed by atoms with van der Waals surface area (Å²) in [5.41, 5.74) is 2.67. The molecule has 0 heterocycles. The molecule has 0 aliphatic heterocycles. The summed E-state index contributed by atoms with van der Waals surface area (Å²) in [4.78, 5) is 38.2. The predicted octanol–water partition coefficient (Wildman–Crippen LogP) is 4.04. The third kappa shape index (κ3) is 3.55. The van der Waals surface area contributed by atoms with Crippen molar-refractivity contribution in [1.29, 1.82) is 0 Å². The Morgan fingerprint density at radius 3 is 2.31 bits per heavy atom. The topological polar surface area (TPSA) is 72.5 Å². The van der Waals surface area contributed by atoms with E-state index >= 15 is 0 Å². The van der Waals surface area contributed by atoms with Crippen molar-refractivity contribution in [3.8, 4) is 5.75 Å². The largest absolute Gasteiger partial charge is 0.484 e. The van der Waals surface area contributed by atoms with Crippen molar-refractivity contribution in [2.75, 3.05) is 11.9 Å². The number of amides is 1. The fraction of sp³-hybridized carbons (Fsp3) is 0.125. The van der Waals surface area contributed by atoms with Crippen LogP contribution in [0.4, 0.5) is 5.69 Å². The molecule has 1 amide bonds. The lowest BCUT2D eigenvalue weighted by Gasteiger charge is -2.20. The Morgan fingerprint density at radius 1 is 0.862 bits per heavy atom. The fourth-order valence-electron chi connectivity index (χ4n) is 3.44. The van der Waals surface area contributed by atoms with Crippen LogP contribution >= 0.6 is 0 Å². The molecule has 0 fully saturated rings. The number of anilines is 1. The first-order chi connectivity index (χ1) is 14.1. The van der Waals surface area contributed by atoms with Gasteiger partial charge in [0.2, 0.25) is 0 Å². The molecule has 4 rings (SSSR count). The summed E-state index contributed by atoms with van der Waals surface area (Å²) in [6.07, 6.45) is 0.872. The summed E-state index contributed by atoms with van der Waals surface area (Å²) in [7, 11) is 0. The second kappa shape index (κ2) is 7.72. The van der Waals surface area contributed by atoms with Crippen molar-refractivity contribution in [1.82, 2.24) is 0 Å². The minimum Gasteiger partial charge on any atom is -0.484 e. The zero-order valence-corrected chi connectivity index (χ0v) is 15.9. The Bertz CT molecular complexity index is 1130. The van der Waals surface area contributed by atoms with Gasteiger partial charge in [-0.1, -0.05) is 55.5 Å². The van der Waals surface area contributed by atoms with Gasteiger partial charge in [0, 0.05) is 16.7 Å². The molecule has 144 valence electrons. The highest BCUT2D eigenvalue weighted by molar-refractivity contribution is 6.30. The van der Waals surface area contributed by atoms with E-state index in [1.807, 2.05) is 25.1 Å². The van der Waals surface area contributed by atoms with Crippen LogP contribution in [0.3, 0.4) is 0 Å². The van der Waals surface area contributed by atoms with Crippen molar-refractivity contribution in [3.63, 3.8) is 0 Å². The van der Waals surface area contributed by atoms with Gasteiger partial charge in [0.1, 0.15) is 5.75 Å². The second-order valence-corrected chi connectivity index (χ2v) is 6.77. The first kappa shape index (κ1) is 18.6. The molecule has 1 aliphatic carbocycles. The van der Waals surface area contributed by atoms with Gasteiger partial charge in [-0.05, 0) is 30.2 Å². The smallest absolute Gasteiger partial charge is 0.262 e. The molecule has 3 aromatic rings. The van der Waals surface area contributed by atoms with E-state index in [1.54, 1.807) is 48.5 Å². The number of rotatable bonds is 5. The number of ether oxygens (including phenoxy) is 1. The number of hydrogen-bond donors (Lipinski definition) is 1. The molecule has 0 bridgehead atoms. The van der Waals surface area contributed by atoms with Gasteiger partial charge in [-0.15, -0.1) is 0 Å². The molecule has 5 nitrogen and oxygen atoms in total. The van der Waals surface area contributed by atoms with Gasteiger partial charge in [0.15, 0.2) is 18.2 Å². The Morgan fingerprint density at radius 2 is 1.55 bits per heavy atom. The molecule has 0 aromatic heterocycles. The Balaban J connectivity index is 1.55. The van der Waals surface area contributed by atoms with E-state index in [9.17, 15) is 14.4 Å². The van der Waals surface area contributed by atoms with Gasteiger partial charge in [-0.25, -0.2) is 0 Å². The standard InChI is InChI=1S/C24H19NO4/c1-2-15-7-5-8-16(13-15)29-14-21(26)25-20-12-6-11-19-22(20)24(28)18-10-4-3-9-17(18)23(19)27/h3-13H,2,14H2,1H3,(H,25,26). The first-order valence-electron chi connectivity index (χ1n) is 9.41. The van der Waals surface area contributed by atoms with Crippen molar-refractivity contribution >= 4 is 23.2 Å². The van der Waals surface area contributed by atoms with Crippen LogP contribution in [0.5, 0.6) is 5.75 Å². The normalized spacial score (nSPS) is 12.2. The molecule has 1 N–H and O–H groups in total. The molecular weight excluding hydrogens is 366 g/mol. The molecule has 0 saturated carbocycles. The van der Waals surface area contributed by atoms with Crippen LogP contribution in [0.1, 0.15) is 44.3 Å². The maximum absolute atomic E-state index is 13.0. The highest BCUT2D eigenvalue weighted by atomic mass is 16.5. The molecule has 0 saturated heterocycles. The summed E-state index contributed by atoms with van der Waals surface area (Å²) in [6, 6.07) is 19.1. The number of aryl methyl sites for hydroxylation is 1. The summed E-state index contributed by atoms with van der Waals surface area (Å²) in [6.45, 7) is 1.84. The Kier molecular flexibility index (Phi) is 4.96. The highest BCUT2D eigenvalue weighted by Gasteiger charge is 2.31. The number of carbonyl (C=O) groups excluding carboxylic acids is 3. The molecule has 1 aliphatic rings. The van der Waals surface area contributed by atoms with Crippen molar-refractivity contribution in [3.05, 3.63) is 94.5 Å². The average molecular weight is 385 g/mol. The van der Waals surface area contributed by atoms with Gasteiger partial charge < -0.3 is 10.1 Å². The quantitative estimate of drug-likeness (QED) is 0.563. The maximum Gasteiger partial charge on any atom is 0.262 e. The minimum atomic E-state index is -0.403. The van der Waals surface area contributed by atoms with E-state index in [0.717, 1.165) is 12.0 Å². The van der Waals surface area contributed by atoms with Gasteiger partial charge in [0.25, 0.3) is 5.91 Å². The van der Waals surface area contributed by atoms with Crippen LogP contribution in [-0.4, -0.2) is 24.1 Å².